The molecule has 2 aromatic heterocycles. The summed E-state index contributed by atoms with van der Waals surface area (Å²) in [7, 11) is 1.63. The lowest BCUT2D eigenvalue weighted by Gasteiger charge is -2.32. The Morgan fingerprint density at radius 3 is 2.67 bits per heavy atom. The second-order valence-corrected chi connectivity index (χ2v) is 8.61. The number of amides is 1. The fourth-order valence-corrected chi connectivity index (χ4v) is 4.37. The van der Waals surface area contributed by atoms with Gasteiger partial charge in [-0.2, -0.15) is 0 Å². The van der Waals surface area contributed by atoms with E-state index in [-0.39, 0.29) is 17.5 Å². The van der Waals surface area contributed by atoms with E-state index in [1.807, 2.05) is 36.4 Å². The number of rotatable bonds is 6. The minimum Gasteiger partial charge on any atom is -0.497 e. The van der Waals surface area contributed by atoms with Gasteiger partial charge in [0, 0.05) is 23.9 Å². The van der Waals surface area contributed by atoms with Gasteiger partial charge in [0.15, 0.2) is 5.76 Å². The van der Waals surface area contributed by atoms with Gasteiger partial charge in [-0.3, -0.25) is 9.69 Å². The molecule has 2 aromatic carbocycles. The largest absolute Gasteiger partial charge is 0.497 e. The molecule has 1 N–H and O–H groups in total. The van der Waals surface area contributed by atoms with Crippen LogP contribution in [-0.4, -0.2) is 42.5 Å². The number of hydrogen-bond donors (Lipinski definition) is 1. The lowest BCUT2D eigenvalue weighted by molar-refractivity contribution is 0.0909. The Bertz CT molecular complexity index is 1280. The summed E-state index contributed by atoms with van der Waals surface area (Å²) in [4.78, 5) is 19.6. The SMILES string of the molecule is COc1ccc2nc3oc(C(=O)NCC4CCN(Cc5ccc(F)cc5)CC4)cc3cc2c1. The zero-order valence-electron chi connectivity index (χ0n) is 18.5. The number of aromatic nitrogens is 1. The van der Waals surface area contributed by atoms with Crippen LogP contribution >= 0.6 is 0 Å². The van der Waals surface area contributed by atoms with Crippen molar-refractivity contribution in [1.29, 1.82) is 0 Å². The number of carbonyl (C=O) groups excluding carboxylic acids is 1. The van der Waals surface area contributed by atoms with Crippen LogP contribution in [0.25, 0.3) is 22.0 Å². The van der Waals surface area contributed by atoms with Crippen LogP contribution in [0.5, 0.6) is 5.75 Å². The van der Waals surface area contributed by atoms with Gasteiger partial charge in [0.2, 0.25) is 5.71 Å². The first-order chi connectivity index (χ1) is 16.1. The topological polar surface area (TPSA) is 67.6 Å². The molecule has 7 heteroatoms. The number of pyridine rings is 1. The fraction of sp³-hybridized carbons (Fsp3) is 0.308. The van der Waals surface area contributed by atoms with E-state index >= 15 is 0 Å². The van der Waals surface area contributed by atoms with Gasteiger partial charge in [0.1, 0.15) is 11.6 Å². The molecule has 0 unspecified atom stereocenters. The number of benzene rings is 2. The number of fused-ring (bicyclic) bond motifs is 2. The van der Waals surface area contributed by atoms with Gasteiger partial charge in [-0.05, 0) is 79.9 Å². The summed E-state index contributed by atoms with van der Waals surface area (Å²) in [6.45, 7) is 3.36. The van der Waals surface area contributed by atoms with Crippen molar-refractivity contribution in [1.82, 2.24) is 15.2 Å². The number of hydrogen-bond acceptors (Lipinski definition) is 5. The molecule has 1 aliphatic rings. The number of ether oxygens (including phenoxy) is 1. The summed E-state index contributed by atoms with van der Waals surface area (Å²) in [6.07, 6.45) is 2.02. The Hall–Kier alpha value is -3.45. The Labute approximate surface area is 191 Å². The van der Waals surface area contributed by atoms with Crippen molar-refractivity contribution in [3.05, 3.63) is 71.7 Å². The van der Waals surface area contributed by atoms with Crippen molar-refractivity contribution in [2.45, 2.75) is 19.4 Å². The van der Waals surface area contributed by atoms with Crippen LogP contribution < -0.4 is 10.1 Å². The van der Waals surface area contributed by atoms with Gasteiger partial charge >= 0.3 is 0 Å². The molecule has 0 radical (unpaired) electrons. The first-order valence-electron chi connectivity index (χ1n) is 11.2. The van der Waals surface area contributed by atoms with Crippen molar-refractivity contribution in [3.63, 3.8) is 0 Å². The molecule has 170 valence electrons. The molecule has 1 fully saturated rings. The molecular weight excluding hydrogens is 421 g/mol. The van der Waals surface area contributed by atoms with Crippen LogP contribution in [0.3, 0.4) is 0 Å². The third-order valence-corrected chi connectivity index (χ3v) is 6.31. The van der Waals surface area contributed by atoms with Gasteiger partial charge in [-0.1, -0.05) is 12.1 Å². The zero-order valence-corrected chi connectivity index (χ0v) is 18.5. The van der Waals surface area contributed by atoms with Crippen molar-refractivity contribution >= 4 is 27.9 Å². The molecule has 3 heterocycles. The van der Waals surface area contributed by atoms with Crippen molar-refractivity contribution in [2.24, 2.45) is 5.92 Å². The summed E-state index contributed by atoms with van der Waals surface area (Å²) in [5.74, 6) is 1.03. The first-order valence-corrected chi connectivity index (χ1v) is 11.2. The fourth-order valence-electron chi connectivity index (χ4n) is 4.37. The van der Waals surface area contributed by atoms with Crippen LogP contribution in [0.15, 0.2) is 59.0 Å². The summed E-state index contributed by atoms with van der Waals surface area (Å²) in [5.41, 5.74) is 2.36. The lowest BCUT2D eigenvalue weighted by atomic mass is 9.96. The van der Waals surface area contributed by atoms with Crippen molar-refractivity contribution < 1.29 is 18.3 Å². The van der Waals surface area contributed by atoms with Gasteiger partial charge < -0.3 is 14.5 Å². The molecule has 1 amide bonds. The van der Waals surface area contributed by atoms with Gasteiger partial charge in [0.05, 0.1) is 12.6 Å². The summed E-state index contributed by atoms with van der Waals surface area (Å²) in [5, 5.41) is 4.74. The van der Waals surface area contributed by atoms with Gasteiger partial charge in [-0.15, -0.1) is 0 Å². The maximum Gasteiger partial charge on any atom is 0.287 e. The normalized spacial score (nSPS) is 15.2. The highest BCUT2D eigenvalue weighted by Crippen LogP contribution is 2.26. The number of methoxy groups -OCH3 is 1. The van der Waals surface area contributed by atoms with E-state index in [0.717, 1.165) is 60.1 Å². The lowest BCUT2D eigenvalue weighted by Crippen LogP contribution is -2.38. The maximum absolute atomic E-state index is 13.1. The molecule has 1 aliphatic heterocycles. The third kappa shape index (κ3) is 4.83. The Balaban J connectivity index is 1.16. The van der Waals surface area contributed by atoms with E-state index in [9.17, 15) is 9.18 Å². The number of carbonyl (C=O) groups is 1. The predicted molar refractivity (Wildman–Crippen MR) is 125 cm³/mol. The third-order valence-electron chi connectivity index (χ3n) is 6.31. The molecule has 1 saturated heterocycles. The molecule has 6 nitrogen and oxygen atoms in total. The molecule has 0 atom stereocenters. The van der Waals surface area contributed by atoms with Crippen LogP contribution in [0, 0.1) is 11.7 Å². The van der Waals surface area contributed by atoms with E-state index in [2.05, 4.69) is 15.2 Å². The molecule has 33 heavy (non-hydrogen) atoms. The number of piperidine rings is 1. The van der Waals surface area contributed by atoms with Crippen molar-refractivity contribution in [3.8, 4) is 5.75 Å². The summed E-state index contributed by atoms with van der Waals surface area (Å²) >= 11 is 0. The number of halogens is 1. The second kappa shape index (κ2) is 9.19. The smallest absolute Gasteiger partial charge is 0.287 e. The van der Waals surface area contributed by atoms with Crippen molar-refractivity contribution in [2.75, 3.05) is 26.7 Å². The van der Waals surface area contributed by atoms with E-state index < -0.39 is 0 Å². The minimum atomic E-state index is -0.219. The van der Waals surface area contributed by atoms with E-state index in [4.69, 9.17) is 9.15 Å². The second-order valence-electron chi connectivity index (χ2n) is 8.61. The average molecular weight is 448 g/mol. The highest BCUT2D eigenvalue weighted by molar-refractivity contribution is 5.98. The van der Waals surface area contributed by atoms with E-state index in [0.29, 0.717) is 18.2 Å². The van der Waals surface area contributed by atoms with E-state index in [1.165, 1.54) is 12.1 Å². The minimum absolute atomic E-state index is 0.207. The van der Waals surface area contributed by atoms with Gasteiger partial charge in [-0.25, -0.2) is 9.37 Å². The maximum atomic E-state index is 13.1. The number of nitrogens with one attached hydrogen (secondary N) is 1. The number of likely N-dealkylation sites (tertiary alicyclic amines) is 1. The molecule has 0 saturated carbocycles. The predicted octanol–water partition coefficient (Wildman–Crippen LogP) is 4.77. The summed E-state index contributed by atoms with van der Waals surface area (Å²) < 4.78 is 24.1. The van der Waals surface area contributed by atoms with Gasteiger partial charge in [0.25, 0.3) is 5.91 Å². The number of furan rings is 1. The summed E-state index contributed by atoms with van der Waals surface area (Å²) in [6, 6.07) is 16.0. The molecule has 0 bridgehead atoms. The molecule has 0 aliphatic carbocycles. The Morgan fingerprint density at radius 2 is 1.91 bits per heavy atom. The average Bonchev–Trinajstić information content (AvgIpc) is 3.26. The molecule has 4 aromatic rings. The van der Waals surface area contributed by atoms with Crippen LogP contribution in [-0.2, 0) is 6.54 Å². The highest BCUT2D eigenvalue weighted by Gasteiger charge is 2.21. The van der Waals surface area contributed by atoms with Crippen LogP contribution in [0.2, 0.25) is 0 Å². The Kier molecular flexibility index (Phi) is 5.96. The number of nitrogens with zero attached hydrogens (tertiary/aromatic N) is 2. The molecule has 0 spiro atoms. The Morgan fingerprint density at radius 1 is 1.12 bits per heavy atom. The van der Waals surface area contributed by atoms with Crippen LogP contribution in [0.1, 0.15) is 29.0 Å². The van der Waals surface area contributed by atoms with E-state index in [1.54, 1.807) is 13.2 Å². The molecule has 5 rings (SSSR count). The highest BCUT2D eigenvalue weighted by atomic mass is 19.1. The van der Waals surface area contributed by atoms with Crippen LogP contribution in [0.4, 0.5) is 4.39 Å². The monoisotopic (exact) mass is 447 g/mol. The molecular formula is C26H26FN3O3. The quantitative estimate of drug-likeness (QED) is 0.461. The first kappa shape index (κ1) is 21.4. The standard InChI is InChI=1S/C26H26FN3O3/c1-32-22-6-7-23-19(13-22)12-20-14-24(33-26(20)29-23)25(31)28-15-17-8-10-30(11-9-17)16-18-2-4-21(27)5-3-18/h2-7,12-14,17H,8-11,15-16H2,1H3,(H,28,31). The zero-order chi connectivity index (χ0) is 22.8.